The standard InChI is InChI=1S/C30H30F2N4O5/c1-20(37)33-17-23-18-36(30(39)41-23)22-10-11-24(27(32)16-22)25-8-5-9-26(31)28(25)34-12-14-35(15-13-34)29(38)40-19-21-6-3-2-4-7-21/h2-11,16,23H,12-15,17-19H2,1H3,(H,33,37). The van der Waals surface area contributed by atoms with Crippen LogP contribution in [0.2, 0.25) is 0 Å². The number of carbonyl (C=O) groups is 3. The highest BCUT2D eigenvalue weighted by Crippen LogP contribution is 2.37. The van der Waals surface area contributed by atoms with E-state index in [9.17, 15) is 14.4 Å². The molecule has 2 fully saturated rings. The van der Waals surface area contributed by atoms with Gasteiger partial charge in [0.2, 0.25) is 5.91 Å². The predicted molar refractivity (Wildman–Crippen MR) is 149 cm³/mol. The highest BCUT2D eigenvalue weighted by molar-refractivity contribution is 5.91. The van der Waals surface area contributed by atoms with Gasteiger partial charge in [0, 0.05) is 44.2 Å². The molecule has 9 nitrogen and oxygen atoms in total. The summed E-state index contributed by atoms with van der Waals surface area (Å²) in [6, 6.07) is 18.2. The number of anilines is 2. The van der Waals surface area contributed by atoms with E-state index in [0.717, 1.165) is 5.56 Å². The molecule has 0 aromatic heterocycles. The number of hydrogen-bond acceptors (Lipinski definition) is 6. The molecule has 0 spiro atoms. The van der Waals surface area contributed by atoms with Crippen molar-refractivity contribution < 1.29 is 32.6 Å². The summed E-state index contributed by atoms with van der Waals surface area (Å²) in [5.41, 5.74) is 1.96. The van der Waals surface area contributed by atoms with E-state index in [-0.39, 0.29) is 36.9 Å². The first-order valence-electron chi connectivity index (χ1n) is 13.3. The summed E-state index contributed by atoms with van der Waals surface area (Å²) >= 11 is 0. The van der Waals surface area contributed by atoms with Gasteiger partial charge < -0.3 is 24.6 Å². The number of carbonyl (C=O) groups excluding carboxylic acids is 3. The maximum Gasteiger partial charge on any atom is 0.414 e. The van der Waals surface area contributed by atoms with Crippen molar-refractivity contribution in [2.24, 2.45) is 0 Å². The van der Waals surface area contributed by atoms with E-state index < -0.39 is 29.9 Å². The zero-order valence-electron chi connectivity index (χ0n) is 22.5. The lowest BCUT2D eigenvalue weighted by atomic mass is 10.0. The van der Waals surface area contributed by atoms with Gasteiger partial charge in [0.1, 0.15) is 24.3 Å². The molecule has 0 saturated carbocycles. The zero-order valence-corrected chi connectivity index (χ0v) is 22.5. The van der Waals surface area contributed by atoms with Crippen LogP contribution in [0.4, 0.5) is 29.7 Å². The van der Waals surface area contributed by atoms with Gasteiger partial charge in [-0.15, -0.1) is 0 Å². The molecule has 1 unspecified atom stereocenters. The fourth-order valence-corrected chi connectivity index (χ4v) is 4.96. The van der Waals surface area contributed by atoms with Crippen molar-refractivity contribution in [3.05, 3.63) is 83.9 Å². The molecule has 3 amide bonds. The molecule has 2 heterocycles. The number of para-hydroxylation sites is 1. The molecule has 3 aromatic carbocycles. The summed E-state index contributed by atoms with van der Waals surface area (Å²) in [6.45, 7) is 3.15. The Labute approximate surface area is 236 Å². The van der Waals surface area contributed by atoms with Crippen molar-refractivity contribution >= 4 is 29.5 Å². The fourth-order valence-electron chi connectivity index (χ4n) is 4.96. The second-order valence-corrected chi connectivity index (χ2v) is 9.87. The number of hydrogen-bond donors (Lipinski definition) is 1. The lowest BCUT2D eigenvalue weighted by Gasteiger charge is -2.36. The summed E-state index contributed by atoms with van der Waals surface area (Å²) < 4.78 is 41.4. The minimum Gasteiger partial charge on any atom is -0.445 e. The van der Waals surface area contributed by atoms with Crippen LogP contribution >= 0.6 is 0 Å². The SMILES string of the molecule is CC(=O)NCC1CN(c2ccc(-c3cccc(F)c3N3CCN(C(=O)OCc4ccccc4)CC3)c(F)c2)C(=O)O1. The van der Waals surface area contributed by atoms with E-state index >= 15 is 8.78 Å². The molecule has 0 bridgehead atoms. The van der Waals surface area contributed by atoms with Gasteiger partial charge in [-0.25, -0.2) is 18.4 Å². The monoisotopic (exact) mass is 564 g/mol. The first kappa shape index (κ1) is 27.9. The number of benzene rings is 3. The highest BCUT2D eigenvalue weighted by Gasteiger charge is 2.33. The van der Waals surface area contributed by atoms with Crippen LogP contribution in [0.3, 0.4) is 0 Å². The minimum absolute atomic E-state index is 0.154. The Morgan fingerprint density at radius 3 is 2.41 bits per heavy atom. The van der Waals surface area contributed by atoms with Crippen molar-refractivity contribution in [2.45, 2.75) is 19.6 Å². The van der Waals surface area contributed by atoms with Crippen molar-refractivity contribution in [3.8, 4) is 11.1 Å². The predicted octanol–water partition coefficient (Wildman–Crippen LogP) is 4.55. The molecule has 214 valence electrons. The van der Waals surface area contributed by atoms with Crippen LogP contribution in [-0.2, 0) is 20.9 Å². The fraction of sp³-hybridized carbons (Fsp3) is 0.300. The van der Waals surface area contributed by atoms with Gasteiger partial charge >= 0.3 is 12.2 Å². The molecule has 0 aliphatic carbocycles. The largest absolute Gasteiger partial charge is 0.445 e. The molecule has 0 radical (unpaired) electrons. The van der Waals surface area contributed by atoms with Crippen LogP contribution in [0.1, 0.15) is 12.5 Å². The van der Waals surface area contributed by atoms with Crippen LogP contribution in [0.15, 0.2) is 66.7 Å². The Bertz CT molecular complexity index is 1430. The van der Waals surface area contributed by atoms with Crippen LogP contribution in [-0.4, -0.2) is 68.4 Å². The molecule has 2 aliphatic heterocycles. The number of nitrogens with zero attached hydrogens (tertiary/aromatic N) is 3. The summed E-state index contributed by atoms with van der Waals surface area (Å²) in [6.07, 6.45) is -1.64. The number of amides is 3. The molecule has 2 saturated heterocycles. The minimum atomic E-state index is -0.640. The van der Waals surface area contributed by atoms with Crippen LogP contribution in [0, 0.1) is 11.6 Å². The van der Waals surface area contributed by atoms with Gasteiger partial charge in [0.25, 0.3) is 0 Å². The second kappa shape index (κ2) is 12.2. The number of halogens is 2. The first-order chi connectivity index (χ1) is 19.8. The first-order valence-corrected chi connectivity index (χ1v) is 13.3. The molecule has 11 heteroatoms. The number of nitrogens with one attached hydrogen (secondary N) is 1. The third kappa shape index (κ3) is 6.40. The summed E-state index contributed by atoms with van der Waals surface area (Å²) in [7, 11) is 0. The van der Waals surface area contributed by atoms with E-state index in [1.807, 2.05) is 30.3 Å². The van der Waals surface area contributed by atoms with Gasteiger partial charge in [0.05, 0.1) is 24.5 Å². The summed E-state index contributed by atoms with van der Waals surface area (Å²) in [4.78, 5) is 40.8. The number of cyclic esters (lactones) is 1. The summed E-state index contributed by atoms with van der Waals surface area (Å²) in [5.74, 6) is -1.38. The molecule has 1 N–H and O–H groups in total. The third-order valence-electron chi connectivity index (χ3n) is 7.05. The van der Waals surface area contributed by atoms with Crippen LogP contribution in [0.5, 0.6) is 0 Å². The molecule has 1 atom stereocenters. The Kier molecular flexibility index (Phi) is 8.32. The quantitative estimate of drug-likeness (QED) is 0.453. The highest BCUT2D eigenvalue weighted by atomic mass is 19.1. The molecule has 5 rings (SSSR count). The molecule has 41 heavy (non-hydrogen) atoms. The normalized spacial score (nSPS) is 16.9. The number of piperazine rings is 1. The molecular formula is C30H30F2N4O5. The summed E-state index contributed by atoms with van der Waals surface area (Å²) in [5, 5.41) is 2.60. The molecule has 2 aliphatic rings. The van der Waals surface area contributed by atoms with Gasteiger partial charge in [-0.05, 0) is 29.8 Å². The van der Waals surface area contributed by atoms with E-state index in [1.165, 1.54) is 36.1 Å². The lowest BCUT2D eigenvalue weighted by Crippen LogP contribution is -2.49. The second-order valence-electron chi connectivity index (χ2n) is 9.87. The maximum atomic E-state index is 15.5. The Hall–Kier alpha value is -4.67. The average molecular weight is 565 g/mol. The van der Waals surface area contributed by atoms with Gasteiger partial charge in [-0.3, -0.25) is 9.69 Å². The third-order valence-corrected chi connectivity index (χ3v) is 7.05. The lowest BCUT2D eigenvalue weighted by molar-refractivity contribution is -0.119. The van der Waals surface area contributed by atoms with Gasteiger partial charge in [-0.2, -0.15) is 0 Å². The van der Waals surface area contributed by atoms with Crippen LogP contribution < -0.4 is 15.1 Å². The zero-order chi connectivity index (χ0) is 28.9. The van der Waals surface area contributed by atoms with Crippen molar-refractivity contribution in [2.75, 3.05) is 49.1 Å². The average Bonchev–Trinajstić information content (AvgIpc) is 3.35. The smallest absolute Gasteiger partial charge is 0.414 e. The van der Waals surface area contributed by atoms with Gasteiger partial charge in [0.15, 0.2) is 0 Å². The van der Waals surface area contributed by atoms with Crippen molar-refractivity contribution in [3.63, 3.8) is 0 Å². The maximum absolute atomic E-state index is 15.5. The van der Waals surface area contributed by atoms with Crippen molar-refractivity contribution in [1.82, 2.24) is 10.2 Å². The Morgan fingerprint density at radius 2 is 1.71 bits per heavy atom. The number of rotatable bonds is 7. The van der Waals surface area contributed by atoms with E-state index in [1.54, 1.807) is 21.9 Å². The van der Waals surface area contributed by atoms with Crippen molar-refractivity contribution in [1.29, 1.82) is 0 Å². The Morgan fingerprint density at radius 1 is 0.951 bits per heavy atom. The van der Waals surface area contributed by atoms with E-state index in [2.05, 4.69) is 5.32 Å². The van der Waals surface area contributed by atoms with Gasteiger partial charge in [-0.1, -0.05) is 42.5 Å². The van der Waals surface area contributed by atoms with E-state index in [4.69, 9.17) is 9.47 Å². The van der Waals surface area contributed by atoms with E-state index in [0.29, 0.717) is 37.4 Å². The molecular weight excluding hydrogens is 534 g/mol. The molecule has 3 aromatic rings. The number of ether oxygens (including phenoxy) is 2. The topological polar surface area (TPSA) is 91.4 Å². The Balaban J connectivity index is 1.27. The van der Waals surface area contributed by atoms with Crippen LogP contribution in [0.25, 0.3) is 11.1 Å².